The third-order valence-corrected chi connectivity index (χ3v) is 2.63. The SMILES string of the molecule is Clc1ccc(CNCCNC2CC2)nc1. The highest BCUT2D eigenvalue weighted by atomic mass is 35.5. The molecule has 2 N–H and O–H groups in total. The molecule has 1 aromatic heterocycles. The molecule has 1 aliphatic rings. The van der Waals surface area contributed by atoms with Gasteiger partial charge in [0.05, 0.1) is 10.7 Å². The summed E-state index contributed by atoms with van der Waals surface area (Å²) in [5.41, 5.74) is 1.03. The predicted molar refractivity (Wildman–Crippen MR) is 62.0 cm³/mol. The lowest BCUT2D eigenvalue weighted by molar-refractivity contribution is 0.604. The first-order valence-corrected chi connectivity index (χ1v) is 5.77. The molecule has 0 saturated heterocycles. The van der Waals surface area contributed by atoms with E-state index in [1.807, 2.05) is 12.1 Å². The number of halogens is 1. The van der Waals surface area contributed by atoms with Crippen molar-refractivity contribution in [1.29, 1.82) is 0 Å². The van der Waals surface area contributed by atoms with Gasteiger partial charge in [0, 0.05) is 31.9 Å². The number of hydrogen-bond acceptors (Lipinski definition) is 3. The van der Waals surface area contributed by atoms with Crippen LogP contribution in [0.15, 0.2) is 18.3 Å². The molecule has 0 aromatic carbocycles. The molecule has 4 heteroatoms. The van der Waals surface area contributed by atoms with Gasteiger partial charge in [0.2, 0.25) is 0 Å². The molecule has 1 aliphatic carbocycles. The van der Waals surface area contributed by atoms with Gasteiger partial charge in [-0.1, -0.05) is 11.6 Å². The summed E-state index contributed by atoms with van der Waals surface area (Å²) in [5, 5.41) is 7.47. The number of pyridine rings is 1. The minimum absolute atomic E-state index is 0.689. The second-order valence-electron chi connectivity index (χ2n) is 3.87. The van der Waals surface area contributed by atoms with Crippen LogP contribution < -0.4 is 10.6 Å². The van der Waals surface area contributed by atoms with Gasteiger partial charge in [-0.05, 0) is 25.0 Å². The molecule has 3 nitrogen and oxygen atoms in total. The van der Waals surface area contributed by atoms with Gasteiger partial charge in [0.25, 0.3) is 0 Å². The quantitative estimate of drug-likeness (QED) is 0.722. The zero-order valence-electron chi connectivity index (χ0n) is 8.67. The summed E-state index contributed by atoms with van der Waals surface area (Å²) < 4.78 is 0. The fourth-order valence-corrected chi connectivity index (χ4v) is 1.49. The van der Waals surface area contributed by atoms with Gasteiger partial charge in [-0.25, -0.2) is 0 Å². The third-order valence-electron chi connectivity index (χ3n) is 2.41. The van der Waals surface area contributed by atoms with Crippen molar-refractivity contribution < 1.29 is 0 Å². The minimum atomic E-state index is 0.689. The van der Waals surface area contributed by atoms with Crippen LogP contribution in [0.3, 0.4) is 0 Å². The first kappa shape index (κ1) is 10.9. The molecule has 15 heavy (non-hydrogen) atoms. The monoisotopic (exact) mass is 225 g/mol. The smallest absolute Gasteiger partial charge is 0.0589 e. The molecular weight excluding hydrogens is 210 g/mol. The van der Waals surface area contributed by atoms with Crippen molar-refractivity contribution in [2.75, 3.05) is 13.1 Å². The first-order chi connectivity index (χ1) is 7.34. The van der Waals surface area contributed by atoms with E-state index in [-0.39, 0.29) is 0 Å². The molecule has 0 radical (unpaired) electrons. The van der Waals surface area contributed by atoms with Gasteiger partial charge in [-0.2, -0.15) is 0 Å². The van der Waals surface area contributed by atoms with Crippen LogP contribution in [0.1, 0.15) is 18.5 Å². The Hall–Kier alpha value is -0.640. The average molecular weight is 226 g/mol. The van der Waals surface area contributed by atoms with E-state index >= 15 is 0 Å². The molecule has 82 valence electrons. The fourth-order valence-electron chi connectivity index (χ4n) is 1.38. The molecule has 0 bridgehead atoms. The van der Waals surface area contributed by atoms with Gasteiger partial charge >= 0.3 is 0 Å². The summed E-state index contributed by atoms with van der Waals surface area (Å²) in [6.07, 6.45) is 4.37. The van der Waals surface area contributed by atoms with Gasteiger partial charge in [0.1, 0.15) is 0 Å². The number of rotatable bonds is 6. The van der Waals surface area contributed by atoms with E-state index in [2.05, 4.69) is 15.6 Å². The zero-order valence-corrected chi connectivity index (χ0v) is 9.43. The lowest BCUT2D eigenvalue weighted by atomic mass is 10.3. The van der Waals surface area contributed by atoms with E-state index < -0.39 is 0 Å². The Bertz CT molecular complexity index is 295. The van der Waals surface area contributed by atoms with Gasteiger partial charge in [0.15, 0.2) is 0 Å². The van der Waals surface area contributed by atoms with Crippen molar-refractivity contribution in [3.05, 3.63) is 29.0 Å². The van der Waals surface area contributed by atoms with Crippen LogP contribution in [0.2, 0.25) is 5.02 Å². The van der Waals surface area contributed by atoms with E-state index in [4.69, 9.17) is 11.6 Å². The molecule has 0 spiro atoms. The number of hydrogen-bond donors (Lipinski definition) is 2. The molecule has 0 amide bonds. The van der Waals surface area contributed by atoms with Gasteiger partial charge < -0.3 is 10.6 Å². The molecule has 1 heterocycles. The lowest BCUT2D eigenvalue weighted by Gasteiger charge is -2.05. The Morgan fingerprint density at radius 2 is 2.20 bits per heavy atom. The lowest BCUT2D eigenvalue weighted by Crippen LogP contribution is -2.28. The van der Waals surface area contributed by atoms with E-state index in [0.29, 0.717) is 5.02 Å². The highest BCUT2D eigenvalue weighted by Gasteiger charge is 2.19. The van der Waals surface area contributed by atoms with Crippen molar-refractivity contribution in [2.45, 2.75) is 25.4 Å². The van der Waals surface area contributed by atoms with Crippen LogP contribution in [0.5, 0.6) is 0 Å². The van der Waals surface area contributed by atoms with Crippen molar-refractivity contribution >= 4 is 11.6 Å². The topological polar surface area (TPSA) is 37.0 Å². The van der Waals surface area contributed by atoms with Crippen molar-refractivity contribution in [3.63, 3.8) is 0 Å². The summed E-state index contributed by atoms with van der Waals surface area (Å²) in [6.45, 7) is 2.84. The molecule has 0 unspecified atom stereocenters. The average Bonchev–Trinajstić information content (AvgIpc) is 3.04. The van der Waals surface area contributed by atoms with Crippen molar-refractivity contribution in [3.8, 4) is 0 Å². The maximum atomic E-state index is 5.74. The summed E-state index contributed by atoms with van der Waals surface area (Å²) in [4.78, 5) is 4.21. The fraction of sp³-hybridized carbons (Fsp3) is 0.545. The second kappa shape index (κ2) is 5.45. The standard InChI is InChI=1S/C11H16ClN3/c12-9-1-2-11(15-7-9)8-13-5-6-14-10-3-4-10/h1-2,7,10,13-14H,3-6,8H2. The molecule has 1 saturated carbocycles. The van der Waals surface area contributed by atoms with Crippen LogP contribution in [-0.4, -0.2) is 24.1 Å². The molecule has 0 atom stereocenters. The van der Waals surface area contributed by atoms with E-state index in [1.165, 1.54) is 12.8 Å². The molecular formula is C11H16ClN3. The van der Waals surface area contributed by atoms with Crippen LogP contribution in [-0.2, 0) is 6.54 Å². The summed E-state index contributed by atoms with van der Waals surface area (Å²) >= 11 is 5.74. The summed E-state index contributed by atoms with van der Waals surface area (Å²) in [5.74, 6) is 0. The largest absolute Gasteiger partial charge is 0.313 e. The highest BCUT2D eigenvalue weighted by Crippen LogP contribution is 2.17. The Labute approximate surface area is 95.2 Å². The maximum absolute atomic E-state index is 5.74. The Morgan fingerprint density at radius 3 is 2.87 bits per heavy atom. The molecule has 1 aromatic rings. The van der Waals surface area contributed by atoms with E-state index in [1.54, 1.807) is 6.20 Å². The normalized spacial score (nSPS) is 15.5. The van der Waals surface area contributed by atoms with Crippen molar-refractivity contribution in [2.24, 2.45) is 0 Å². The number of nitrogens with one attached hydrogen (secondary N) is 2. The molecule has 1 fully saturated rings. The highest BCUT2D eigenvalue weighted by molar-refractivity contribution is 6.30. The van der Waals surface area contributed by atoms with Crippen LogP contribution >= 0.6 is 11.6 Å². The first-order valence-electron chi connectivity index (χ1n) is 5.39. The van der Waals surface area contributed by atoms with Gasteiger partial charge in [-0.15, -0.1) is 0 Å². The summed E-state index contributed by atoms with van der Waals surface area (Å²) in [6, 6.07) is 4.61. The number of nitrogens with zero attached hydrogens (tertiary/aromatic N) is 1. The molecule has 0 aliphatic heterocycles. The summed E-state index contributed by atoms with van der Waals surface area (Å²) in [7, 11) is 0. The van der Waals surface area contributed by atoms with Crippen LogP contribution in [0.25, 0.3) is 0 Å². The Morgan fingerprint density at radius 1 is 1.33 bits per heavy atom. The zero-order chi connectivity index (χ0) is 10.5. The maximum Gasteiger partial charge on any atom is 0.0589 e. The second-order valence-corrected chi connectivity index (χ2v) is 4.31. The predicted octanol–water partition coefficient (Wildman–Crippen LogP) is 1.58. The minimum Gasteiger partial charge on any atom is -0.313 e. The van der Waals surface area contributed by atoms with E-state index in [0.717, 1.165) is 31.4 Å². The third kappa shape index (κ3) is 4.16. The number of aromatic nitrogens is 1. The Kier molecular flexibility index (Phi) is 3.94. The molecule has 2 rings (SSSR count). The van der Waals surface area contributed by atoms with Gasteiger partial charge in [-0.3, -0.25) is 4.98 Å². The van der Waals surface area contributed by atoms with Crippen LogP contribution in [0.4, 0.5) is 0 Å². The van der Waals surface area contributed by atoms with Crippen molar-refractivity contribution in [1.82, 2.24) is 15.6 Å². The Balaban J connectivity index is 1.58. The van der Waals surface area contributed by atoms with E-state index in [9.17, 15) is 0 Å². The van der Waals surface area contributed by atoms with Crippen LogP contribution in [0, 0.1) is 0 Å².